The van der Waals surface area contributed by atoms with Crippen LogP contribution in [0.5, 0.6) is 0 Å². The average molecular weight is 460 g/mol. The van der Waals surface area contributed by atoms with E-state index < -0.39 is 0 Å². The fraction of sp³-hybridized carbons (Fsp3) is 0.444. The summed E-state index contributed by atoms with van der Waals surface area (Å²) < 4.78 is 0. The molecule has 2 aliphatic rings. The van der Waals surface area contributed by atoms with Gasteiger partial charge >= 0.3 is 0 Å². The molecule has 3 N–H and O–H groups in total. The normalized spacial score (nSPS) is 18.1. The second-order valence-corrected chi connectivity index (χ2v) is 9.69. The maximum absolute atomic E-state index is 12.7. The van der Waals surface area contributed by atoms with Gasteiger partial charge in [0, 0.05) is 42.0 Å². The van der Waals surface area contributed by atoms with Crippen LogP contribution in [0.1, 0.15) is 60.9 Å². The number of piperidine rings is 1. The fourth-order valence-corrected chi connectivity index (χ4v) is 5.19. The van der Waals surface area contributed by atoms with Gasteiger partial charge in [0.15, 0.2) is 0 Å². The molecule has 1 aliphatic heterocycles. The highest BCUT2D eigenvalue weighted by atomic mass is 16.2. The van der Waals surface area contributed by atoms with E-state index in [1.54, 1.807) is 6.20 Å². The minimum Gasteiger partial charge on any atom is -0.353 e. The molecule has 178 valence electrons. The number of hydrogen-bond donors (Lipinski definition) is 3. The third-order valence-corrected chi connectivity index (χ3v) is 7.16. The minimum atomic E-state index is -0.169. The Bertz CT molecular complexity index is 1140. The number of anilines is 1. The van der Waals surface area contributed by atoms with Crippen LogP contribution in [0.4, 0.5) is 5.69 Å². The number of aromatic nitrogens is 2. The zero-order valence-electron chi connectivity index (χ0n) is 19.6. The molecule has 0 atom stereocenters. The van der Waals surface area contributed by atoms with Gasteiger partial charge in [-0.05, 0) is 68.6 Å². The van der Waals surface area contributed by atoms with Crippen molar-refractivity contribution in [3.05, 3.63) is 59.9 Å². The lowest BCUT2D eigenvalue weighted by Gasteiger charge is -2.32. The highest BCUT2D eigenvalue weighted by Gasteiger charge is 2.27. The van der Waals surface area contributed by atoms with Gasteiger partial charge in [0.1, 0.15) is 5.65 Å². The van der Waals surface area contributed by atoms with E-state index in [2.05, 4.69) is 31.6 Å². The van der Waals surface area contributed by atoms with Crippen molar-refractivity contribution >= 4 is 28.5 Å². The number of fused-ring (bicyclic) bond motifs is 1. The van der Waals surface area contributed by atoms with Crippen LogP contribution >= 0.6 is 0 Å². The lowest BCUT2D eigenvalue weighted by Crippen LogP contribution is -2.44. The molecule has 0 unspecified atom stereocenters. The summed E-state index contributed by atoms with van der Waals surface area (Å²) in [6.07, 6.45) is 11.3. The van der Waals surface area contributed by atoms with Gasteiger partial charge in [0.25, 0.3) is 5.91 Å². The van der Waals surface area contributed by atoms with Crippen molar-refractivity contribution in [1.29, 1.82) is 0 Å². The van der Waals surface area contributed by atoms with Gasteiger partial charge in [0.2, 0.25) is 5.91 Å². The molecule has 2 amide bonds. The van der Waals surface area contributed by atoms with Gasteiger partial charge in [0.05, 0.1) is 5.56 Å². The fourth-order valence-electron chi connectivity index (χ4n) is 5.19. The highest BCUT2D eigenvalue weighted by molar-refractivity contribution is 6.05. The summed E-state index contributed by atoms with van der Waals surface area (Å²) >= 11 is 0. The number of nitrogens with zero attached hydrogens (tertiary/aromatic N) is 2. The molecular formula is C27H33N5O2. The van der Waals surface area contributed by atoms with Crippen molar-refractivity contribution in [2.24, 2.45) is 5.92 Å². The number of pyridine rings is 1. The number of carbonyl (C=O) groups excluding carboxylic acids is 2. The van der Waals surface area contributed by atoms with E-state index in [4.69, 9.17) is 0 Å². The van der Waals surface area contributed by atoms with E-state index in [0.717, 1.165) is 67.6 Å². The van der Waals surface area contributed by atoms with E-state index in [1.165, 1.54) is 19.3 Å². The Hall–Kier alpha value is -3.19. The second-order valence-electron chi connectivity index (χ2n) is 9.69. The Morgan fingerprint density at radius 1 is 1.03 bits per heavy atom. The third-order valence-electron chi connectivity index (χ3n) is 7.16. The molecule has 1 aromatic carbocycles. The highest BCUT2D eigenvalue weighted by Crippen LogP contribution is 2.23. The summed E-state index contributed by atoms with van der Waals surface area (Å²) in [5, 5.41) is 7.20. The maximum Gasteiger partial charge on any atom is 0.257 e. The third kappa shape index (κ3) is 5.47. The molecule has 0 radical (unpaired) electrons. The van der Waals surface area contributed by atoms with Crippen molar-refractivity contribution in [2.45, 2.75) is 57.5 Å². The van der Waals surface area contributed by atoms with Crippen molar-refractivity contribution in [1.82, 2.24) is 20.2 Å². The SMILES string of the molecule is O=C(Nc1cccc(CN2CCC(C(=O)NC3CCCCC3)CC2)c1)c1cnc2[nH]ccc2c1. The molecule has 1 aliphatic carbocycles. The smallest absolute Gasteiger partial charge is 0.257 e. The van der Waals surface area contributed by atoms with E-state index in [-0.39, 0.29) is 17.7 Å². The first-order valence-corrected chi connectivity index (χ1v) is 12.5. The topological polar surface area (TPSA) is 90.1 Å². The van der Waals surface area contributed by atoms with E-state index in [0.29, 0.717) is 11.6 Å². The zero-order chi connectivity index (χ0) is 23.3. The van der Waals surface area contributed by atoms with Crippen LogP contribution in [0, 0.1) is 5.92 Å². The standard InChI is InChI=1S/C27H33N5O2/c33-26(30-23-6-2-1-3-7-23)20-10-13-32(14-11-20)18-19-5-4-8-24(15-19)31-27(34)22-16-21-9-12-28-25(21)29-17-22/h4-5,8-9,12,15-17,20,23H,1-3,6-7,10-11,13-14,18H2,(H,28,29)(H,30,33)(H,31,34). The molecule has 0 spiro atoms. The number of aromatic amines is 1. The van der Waals surface area contributed by atoms with E-state index in [9.17, 15) is 9.59 Å². The molecule has 34 heavy (non-hydrogen) atoms. The number of rotatable bonds is 6. The Morgan fingerprint density at radius 2 is 1.85 bits per heavy atom. The number of nitrogens with one attached hydrogen (secondary N) is 3. The Morgan fingerprint density at radius 3 is 2.68 bits per heavy atom. The van der Waals surface area contributed by atoms with Gasteiger partial charge in [-0.3, -0.25) is 14.5 Å². The molecule has 7 nitrogen and oxygen atoms in total. The summed E-state index contributed by atoms with van der Waals surface area (Å²) in [6, 6.07) is 12.1. The van der Waals surface area contributed by atoms with Gasteiger partial charge in [-0.1, -0.05) is 31.4 Å². The van der Waals surface area contributed by atoms with Crippen LogP contribution in [0.3, 0.4) is 0 Å². The van der Waals surface area contributed by atoms with Gasteiger partial charge in [-0.25, -0.2) is 4.98 Å². The van der Waals surface area contributed by atoms with Crippen LogP contribution in [-0.4, -0.2) is 45.8 Å². The maximum atomic E-state index is 12.7. The molecular weight excluding hydrogens is 426 g/mol. The summed E-state index contributed by atoms with van der Waals surface area (Å²) in [7, 11) is 0. The Kier molecular flexibility index (Phi) is 6.90. The molecule has 0 bridgehead atoms. The largest absolute Gasteiger partial charge is 0.353 e. The monoisotopic (exact) mass is 459 g/mol. The summed E-state index contributed by atoms with van der Waals surface area (Å²) in [6.45, 7) is 2.65. The summed E-state index contributed by atoms with van der Waals surface area (Å²) in [5.41, 5.74) is 3.24. The van der Waals surface area contributed by atoms with E-state index in [1.807, 2.05) is 36.5 Å². The van der Waals surface area contributed by atoms with Crippen molar-refractivity contribution in [3.63, 3.8) is 0 Å². The molecule has 3 aromatic rings. The molecule has 7 heteroatoms. The summed E-state index contributed by atoms with van der Waals surface area (Å²) in [4.78, 5) is 35.1. The molecule has 1 saturated carbocycles. The average Bonchev–Trinajstić information content (AvgIpc) is 3.33. The molecule has 1 saturated heterocycles. The van der Waals surface area contributed by atoms with Crippen molar-refractivity contribution in [2.75, 3.05) is 18.4 Å². The number of likely N-dealkylation sites (tertiary alicyclic amines) is 1. The molecule has 2 fully saturated rings. The first kappa shape index (κ1) is 22.6. The van der Waals surface area contributed by atoms with Crippen LogP contribution in [0.25, 0.3) is 11.0 Å². The van der Waals surface area contributed by atoms with Gasteiger partial charge < -0.3 is 15.6 Å². The lowest BCUT2D eigenvalue weighted by atomic mass is 9.92. The van der Waals surface area contributed by atoms with Crippen LogP contribution in [0.2, 0.25) is 0 Å². The van der Waals surface area contributed by atoms with E-state index >= 15 is 0 Å². The number of benzene rings is 1. The number of hydrogen-bond acceptors (Lipinski definition) is 4. The second kappa shape index (κ2) is 10.4. The van der Waals surface area contributed by atoms with Crippen molar-refractivity contribution in [3.8, 4) is 0 Å². The van der Waals surface area contributed by atoms with Gasteiger partial charge in [-0.15, -0.1) is 0 Å². The zero-order valence-corrected chi connectivity index (χ0v) is 19.6. The van der Waals surface area contributed by atoms with Crippen LogP contribution in [-0.2, 0) is 11.3 Å². The predicted molar refractivity (Wildman–Crippen MR) is 134 cm³/mol. The molecule has 3 heterocycles. The molecule has 5 rings (SSSR count). The lowest BCUT2D eigenvalue weighted by molar-refractivity contribution is -0.127. The van der Waals surface area contributed by atoms with Crippen LogP contribution in [0.15, 0.2) is 48.8 Å². The number of carbonyl (C=O) groups is 2. The van der Waals surface area contributed by atoms with Crippen LogP contribution < -0.4 is 10.6 Å². The minimum absolute atomic E-state index is 0.134. The molecule has 2 aromatic heterocycles. The van der Waals surface area contributed by atoms with Gasteiger partial charge in [-0.2, -0.15) is 0 Å². The number of H-pyrrole nitrogens is 1. The number of amides is 2. The Balaban J connectivity index is 1.12. The quantitative estimate of drug-likeness (QED) is 0.507. The summed E-state index contributed by atoms with van der Waals surface area (Å²) in [5.74, 6) is 0.218. The first-order chi connectivity index (χ1) is 16.6. The first-order valence-electron chi connectivity index (χ1n) is 12.5. The Labute approximate surface area is 200 Å². The van der Waals surface area contributed by atoms with Crippen molar-refractivity contribution < 1.29 is 9.59 Å². The predicted octanol–water partition coefficient (Wildman–Crippen LogP) is 4.48.